The number of rotatable bonds is 2. The van der Waals surface area contributed by atoms with E-state index in [1.165, 1.54) is 16.8 Å². The lowest BCUT2D eigenvalue weighted by molar-refractivity contribution is 0.639. The summed E-state index contributed by atoms with van der Waals surface area (Å²) in [6, 6.07) is 19.9. The molecule has 1 aliphatic rings. The number of hydrogen-bond acceptors (Lipinski definition) is 2. The van der Waals surface area contributed by atoms with Gasteiger partial charge in [0.25, 0.3) is 0 Å². The van der Waals surface area contributed by atoms with Gasteiger partial charge in [0, 0.05) is 25.3 Å². The summed E-state index contributed by atoms with van der Waals surface area (Å²) in [5.74, 6) is 0. The van der Waals surface area contributed by atoms with Gasteiger partial charge in [-0.2, -0.15) is 0 Å². The summed E-state index contributed by atoms with van der Waals surface area (Å²) in [6.45, 7) is 5.34. The maximum atomic E-state index is 3.50. The number of nitrogens with one attached hydrogen (secondary N) is 1. The van der Waals surface area contributed by atoms with E-state index in [2.05, 4.69) is 71.7 Å². The second-order valence-electron chi connectivity index (χ2n) is 5.09. The Balaban J connectivity index is 1.96. The van der Waals surface area contributed by atoms with Crippen molar-refractivity contribution in [2.45, 2.75) is 19.5 Å². The van der Waals surface area contributed by atoms with Crippen molar-refractivity contribution in [3.63, 3.8) is 0 Å². The van der Waals surface area contributed by atoms with Crippen molar-refractivity contribution in [3.8, 4) is 0 Å². The largest absolute Gasteiger partial charge is 0.363 e. The SMILES string of the molecule is CC(c1ccccc1)N1CCNCc2ccccc21. The third-order valence-corrected chi connectivity index (χ3v) is 3.90. The van der Waals surface area contributed by atoms with Crippen LogP contribution in [0.2, 0.25) is 0 Å². The molecule has 2 aromatic rings. The van der Waals surface area contributed by atoms with Crippen molar-refractivity contribution in [3.05, 3.63) is 65.7 Å². The lowest BCUT2D eigenvalue weighted by Crippen LogP contribution is -2.31. The summed E-state index contributed by atoms with van der Waals surface area (Å²) in [7, 11) is 0. The molecule has 0 amide bonds. The molecule has 2 nitrogen and oxygen atoms in total. The zero-order chi connectivity index (χ0) is 13.1. The van der Waals surface area contributed by atoms with Crippen molar-refractivity contribution < 1.29 is 0 Å². The minimum absolute atomic E-state index is 0.405. The topological polar surface area (TPSA) is 15.3 Å². The monoisotopic (exact) mass is 252 g/mol. The number of para-hydroxylation sites is 1. The molecule has 0 aromatic heterocycles. The standard InChI is InChI=1S/C17H20N2/c1-14(15-7-3-2-4-8-15)19-12-11-18-13-16-9-5-6-10-17(16)19/h2-10,14,18H,11-13H2,1H3. The normalized spacial score (nSPS) is 16.6. The van der Waals surface area contributed by atoms with Crippen LogP contribution >= 0.6 is 0 Å². The Hall–Kier alpha value is -1.80. The van der Waals surface area contributed by atoms with Crippen LogP contribution < -0.4 is 10.2 Å². The lowest BCUT2D eigenvalue weighted by atomic mass is 10.0. The van der Waals surface area contributed by atoms with Gasteiger partial charge in [0.2, 0.25) is 0 Å². The highest BCUT2D eigenvalue weighted by molar-refractivity contribution is 5.56. The van der Waals surface area contributed by atoms with Gasteiger partial charge in [0.05, 0.1) is 6.04 Å². The second kappa shape index (κ2) is 5.45. The van der Waals surface area contributed by atoms with E-state index in [1.807, 2.05) is 0 Å². The van der Waals surface area contributed by atoms with E-state index in [1.54, 1.807) is 0 Å². The molecular weight excluding hydrogens is 232 g/mol. The molecule has 0 bridgehead atoms. The van der Waals surface area contributed by atoms with E-state index in [-0.39, 0.29) is 0 Å². The van der Waals surface area contributed by atoms with Crippen LogP contribution in [0.4, 0.5) is 5.69 Å². The molecule has 0 saturated carbocycles. The zero-order valence-corrected chi connectivity index (χ0v) is 11.3. The summed E-state index contributed by atoms with van der Waals surface area (Å²) < 4.78 is 0. The fraction of sp³-hybridized carbons (Fsp3) is 0.294. The van der Waals surface area contributed by atoms with Crippen LogP contribution in [0, 0.1) is 0 Å². The van der Waals surface area contributed by atoms with E-state index >= 15 is 0 Å². The van der Waals surface area contributed by atoms with E-state index in [4.69, 9.17) is 0 Å². The predicted molar refractivity (Wildman–Crippen MR) is 80.4 cm³/mol. The zero-order valence-electron chi connectivity index (χ0n) is 11.3. The van der Waals surface area contributed by atoms with E-state index < -0.39 is 0 Å². The molecular formula is C17H20N2. The molecule has 1 unspecified atom stereocenters. The van der Waals surface area contributed by atoms with E-state index in [9.17, 15) is 0 Å². The molecule has 0 saturated heterocycles. The van der Waals surface area contributed by atoms with Crippen LogP contribution in [0.25, 0.3) is 0 Å². The van der Waals surface area contributed by atoms with Gasteiger partial charge in [-0.15, -0.1) is 0 Å². The van der Waals surface area contributed by atoms with E-state index in [0.29, 0.717) is 6.04 Å². The molecule has 1 atom stereocenters. The van der Waals surface area contributed by atoms with Gasteiger partial charge in [-0.1, -0.05) is 48.5 Å². The lowest BCUT2D eigenvalue weighted by Gasteiger charge is -2.31. The third-order valence-electron chi connectivity index (χ3n) is 3.90. The smallest absolute Gasteiger partial charge is 0.0514 e. The summed E-state index contributed by atoms with van der Waals surface area (Å²) in [6.07, 6.45) is 0. The highest BCUT2D eigenvalue weighted by atomic mass is 15.2. The maximum absolute atomic E-state index is 3.50. The first-order valence-corrected chi connectivity index (χ1v) is 6.96. The molecule has 1 N–H and O–H groups in total. The predicted octanol–water partition coefficient (Wildman–Crippen LogP) is 3.36. The molecule has 3 rings (SSSR count). The van der Waals surface area contributed by atoms with Crippen LogP contribution in [0.3, 0.4) is 0 Å². The Morgan fingerprint density at radius 1 is 1.00 bits per heavy atom. The number of fused-ring (bicyclic) bond motifs is 1. The average molecular weight is 252 g/mol. The Morgan fingerprint density at radius 2 is 1.74 bits per heavy atom. The van der Waals surface area contributed by atoms with Crippen LogP contribution in [-0.4, -0.2) is 13.1 Å². The van der Waals surface area contributed by atoms with Gasteiger partial charge in [-0.05, 0) is 24.1 Å². The van der Waals surface area contributed by atoms with Gasteiger partial charge in [0.1, 0.15) is 0 Å². The first-order valence-electron chi connectivity index (χ1n) is 6.96. The molecule has 1 aliphatic heterocycles. The fourth-order valence-electron chi connectivity index (χ4n) is 2.80. The van der Waals surface area contributed by atoms with Gasteiger partial charge < -0.3 is 10.2 Å². The molecule has 19 heavy (non-hydrogen) atoms. The van der Waals surface area contributed by atoms with E-state index in [0.717, 1.165) is 19.6 Å². The second-order valence-corrected chi connectivity index (χ2v) is 5.09. The van der Waals surface area contributed by atoms with Gasteiger partial charge in [-0.25, -0.2) is 0 Å². The number of nitrogens with zero attached hydrogens (tertiary/aromatic N) is 1. The Morgan fingerprint density at radius 3 is 2.58 bits per heavy atom. The minimum Gasteiger partial charge on any atom is -0.363 e. The summed E-state index contributed by atoms with van der Waals surface area (Å²) in [5.41, 5.74) is 4.13. The highest BCUT2D eigenvalue weighted by Crippen LogP contribution is 2.30. The summed E-state index contributed by atoms with van der Waals surface area (Å²) >= 11 is 0. The van der Waals surface area contributed by atoms with Crippen molar-refractivity contribution >= 4 is 5.69 Å². The fourth-order valence-corrected chi connectivity index (χ4v) is 2.80. The third kappa shape index (κ3) is 2.49. The van der Waals surface area contributed by atoms with Gasteiger partial charge >= 0.3 is 0 Å². The molecule has 0 spiro atoms. The minimum atomic E-state index is 0.405. The number of benzene rings is 2. The first-order chi connectivity index (χ1) is 9.36. The Kier molecular flexibility index (Phi) is 3.51. The van der Waals surface area contributed by atoms with Crippen LogP contribution in [-0.2, 0) is 6.54 Å². The molecule has 1 heterocycles. The summed E-state index contributed by atoms with van der Waals surface area (Å²) in [5, 5.41) is 3.50. The molecule has 98 valence electrons. The Bertz CT molecular complexity index is 536. The number of hydrogen-bond donors (Lipinski definition) is 1. The van der Waals surface area contributed by atoms with Crippen molar-refractivity contribution in [1.29, 1.82) is 0 Å². The van der Waals surface area contributed by atoms with Crippen molar-refractivity contribution in [1.82, 2.24) is 5.32 Å². The van der Waals surface area contributed by atoms with Crippen LogP contribution in [0.1, 0.15) is 24.1 Å². The maximum Gasteiger partial charge on any atom is 0.0514 e. The van der Waals surface area contributed by atoms with Crippen LogP contribution in [0.5, 0.6) is 0 Å². The van der Waals surface area contributed by atoms with Gasteiger partial charge in [-0.3, -0.25) is 0 Å². The van der Waals surface area contributed by atoms with Crippen molar-refractivity contribution in [2.24, 2.45) is 0 Å². The average Bonchev–Trinajstić information content (AvgIpc) is 2.70. The molecule has 2 aromatic carbocycles. The molecule has 0 fully saturated rings. The van der Waals surface area contributed by atoms with Crippen molar-refractivity contribution in [2.75, 3.05) is 18.0 Å². The first kappa shape index (κ1) is 12.2. The molecule has 2 heteroatoms. The molecule has 0 radical (unpaired) electrons. The van der Waals surface area contributed by atoms with Crippen LogP contribution in [0.15, 0.2) is 54.6 Å². The van der Waals surface area contributed by atoms with Gasteiger partial charge in [0.15, 0.2) is 0 Å². The highest BCUT2D eigenvalue weighted by Gasteiger charge is 2.20. The quantitative estimate of drug-likeness (QED) is 0.881. The molecule has 0 aliphatic carbocycles. The number of anilines is 1. The summed E-state index contributed by atoms with van der Waals surface area (Å²) in [4.78, 5) is 2.50. The Labute approximate surface area is 115 Å².